The van der Waals surface area contributed by atoms with Gasteiger partial charge in [-0.2, -0.15) is 0 Å². The Labute approximate surface area is 133 Å². The molecule has 7 nitrogen and oxygen atoms in total. The third kappa shape index (κ3) is 3.39. The molecule has 2 heterocycles. The summed E-state index contributed by atoms with van der Waals surface area (Å²) in [5, 5.41) is 9.12. The summed E-state index contributed by atoms with van der Waals surface area (Å²) in [6.07, 6.45) is -0.531. The second-order valence-electron chi connectivity index (χ2n) is 5.70. The Kier molecular flexibility index (Phi) is 4.38. The average Bonchev–Trinajstić information content (AvgIpc) is 2.78. The molecule has 0 aliphatic carbocycles. The van der Waals surface area contributed by atoms with Crippen LogP contribution < -0.4 is 9.47 Å². The molecular weight excluding hydrogens is 302 g/mol. The zero-order valence-electron chi connectivity index (χ0n) is 12.9. The van der Waals surface area contributed by atoms with Crippen LogP contribution in [0.25, 0.3) is 0 Å². The van der Waals surface area contributed by atoms with E-state index in [1.54, 1.807) is 25.1 Å². The van der Waals surface area contributed by atoms with Gasteiger partial charge in [-0.05, 0) is 25.1 Å². The number of hydrogen-bond acceptors (Lipinski definition) is 5. The standard InChI is InChI=1S/C16H19NO6/c1-10-8-17(9-14(23-10)16(19)20)15(18)11-3-4-12-13(7-11)22-6-2-5-21-12/h3-4,7,10,14H,2,5-6,8-9H2,1H3,(H,19,20)/t10-,14?/m1/s1. The molecule has 23 heavy (non-hydrogen) atoms. The first-order valence-electron chi connectivity index (χ1n) is 7.62. The first-order chi connectivity index (χ1) is 11.0. The van der Waals surface area contributed by atoms with Crippen molar-refractivity contribution in [3.63, 3.8) is 0 Å². The first kappa shape index (κ1) is 15.6. The Morgan fingerprint density at radius 3 is 2.65 bits per heavy atom. The lowest BCUT2D eigenvalue weighted by Gasteiger charge is -2.35. The SMILES string of the molecule is C[C@@H]1CN(C(=O)c2ccc3c(c2)OCCCO3)CC(C(=O)O)O1. The lowest BCUT2D eigenvalue weighted by atomic mass is 10.1. The molecule has 1 N–H and O–H groups in total. The maximum atomic E-state index is 12.7. The smallest absolute Gasteiger partial charge is 0.334 e. The molecule has 1 aromatic carbocycles. The van der Waals surface area contributed by atoms with Crippen molar-refractivity contribution < 1.29 is 28.9 Å². The van der Waals surface area contributed by atoms with Crippen molar-refractivity contribution >= 4 is 11.9 Å². The zero-order chi connectivity index (χ0) is 16.4. The minimum absolute atomic E-state index is 0.0347. The van der Waals surface area contributed by atoms with Crippen molar-refractivity contribution in [1.29, 1.82) is 0 Å². The summed E-state index contributed by atoms with van der Waals surface area (Å²) in [7, 11) is 0. The molecule has 1 fully saturated rings. The lowest BCUT2D eigenvalue weighted by Crippen LogP contribution is -2.51. The van der Waals surface area contributed by atoms with E-state index in [1.807, 2.05) is 0 Å². The van der Waals surface area contributed by atoms with Gasteiger partial charge < -0.3 is 24.2 Å². The number of hydrogen-bond donors (Lipinski definition) is 1. The molecule has 0 aromatic heterocycles. The number of fused-ring (bicyclic) bond motifs is 1. The van der Waals surface area contributed by atoms with Gasteiger partial charge in [0.2, 0.25) is 0 Å². The Morgan fingerprint density at radius 2 is 1.91 bits per heavy atom. The normalized spacial score (nSPS) is 24.0. The topological polar surface area (TPSA) is 85.3 Å². The zero-order valence-corrected chi connectivity index (χ0v) is 12.9. The number of carboxylic acid groups (broad SMARTS) is 1. The van der Waals surface area contributed by atoms with Crippen molar-refractivity contribution in [2.45, 2.75) is 25.6 Å². The average molecular weight is 321 g/mol. The van der Waals surface area contributed by atoms with Crippen LogP contribution in [0.4, 0.5) is 0 Å². The maximum absolute atomic E-state index is 12.7. The Balaban J connectivity index is 1.79. The van der Waals surface area contributed by atoms with E-state index in [9.17, 15) is 9.59 Å². The largest absolute Gasteiger partial charge is 0.490 e. The van der Waals surface area contributed by atoms with E-state index in [1.165, 1.54) is 4.90 Å². The van der Waals surface area contributed by atoms with Crippen LogP contribution >= 0.6 is 0 Å². The Bertz CT molecular complexity index is 617. The monoisotopic (exact) mass is 321 g/mol. The van der Waals surface area contributed by atoms with Gasteiger partial charge in [0.05, 0.1) is 25.9 Å². The molecule has 124 valence electrons. The molecule has 1 saturated heterocycles. The highest BCUT2D eigenvalue weighted by Gasteiger charge is 2.33. The molecule has 0 spiro atoms. The van der Waals surface area contributed by atoms with Gasteiger partial charge >= 0.3 is 5.97 Å². The minimum Gasteiger partial charge on any atom is -0.490 e. The van der Waals surface area contributed by atoms with Crippen LogP contribution in [0.1, 0.15) is 23.7 Å². The number of ether oxygens (including phenoxy) is 3. The van der Waals surface area contributed by atoms with Gasteiger partial charge in [-0.25, -0.2) is 4.79 Å². The molecule has 2 atom stereocenters. The van der Waals surface area contributed by atoms with Gasteiger partial charge in [0.1, 0.15) is 0 Å². The summed E-state index contributed by atoms with van der Waals surface area (Å²) in [5.41, 5.74) is 0.451. The van der Waals surface area contributed by atoms with E-state index >= 15 is 0 Å². The number of carbonyl (C=O) groups is 2. The van der Waals surface area contributed by atoms with Crippen LogP contribution in [-0.2, 0) is 9.53 Å². The summed E-state index contributed by atoms with van der Waals surface area (Å²) in [5.74, 6) is -0.127. The third-order valence-corrected chi connectivity index (χ3v) is 3.82. The van der Waals surface area contributed by atoms with Crippen molar-refractivity contribution in [2.75, 3.05) is 26.3 Å². The number of carbonyl (C=O) groups excluding carboxylic acids is 1. The van der Waals surface area contributed by atoms with E-state index in [4.69, 9.17) is 19.3 Å². The van der Waals surface area contributed by atoms with Gasteiger partial charge in [-0.15, -0.1) is 0 Å². The highest BCUT2D eigenvalue weighted by molar-refractivity contribution is 5.95. The molecule has 0 bridgehead atoms. The summed E-state index contributed by atoms with van der Waals surface area (Å²) < 4.78 is 16.5. The molecular formula is C16H19NO6. The number of nitrogens with zero attached hydrogens (tertiary/aromatic N) is 1. The maximum Gasteiger partial charge on any atom is 0.334 e. The summed E-state index contributed by atoms with van der Waals surface area (Å²) in [6, 6.07) is 5.04. The molecule has 1 amide bonds. The third-order valence-electron chi connectivity index (χ3n) is 3.82. The van der Waals surface area contributed by atoms with Gasteiger partial charge in [0.25, 0.3) is 5.91 Å². The Hall–Kier alpha value is -2.28. The van der Waals surface area contributed by atoms with Crippen molar-refractivity contribution in [3.05, 3.63) is 23.8 Å². The predicted molar refractivity (Wildman–Crippen MR) is 79.9 cm³/mol. The van der Waals surface area contributed by atoms with Gasteiger partial charge in [0.15, 0.2) is 17.6 Å². The van der Waals surface area contributed by atoms with Crippen LogP contribution in [0.15, 0.2) is 18.2 Å². The van der Waals surface area contributed by atoms with Gasteiger partial charge in [-0.3, -0.25) is 4.79 Å². The van der Waals surface area contributed by atoms with E-state index in [-0.39, 0.29) is 18.6 Å². The number of rotatable bonds is 2. The van der Waals surface area contributed by atoms with Crippen LogP contribution in [0, 0.1) is 0 Å². The van der Waals surface area contributed by atoms with E-state index in [0.29, 0.717) is 36.8 Å². The second-order valence-corrected chi connectivity index (χ2v) is 5.70. The number of aliphatic carboxylic acids is 1. The van der Waals surface area contributed by atoms with Crippen LogP contribution in [-0.4, -0.2) is 60.4 Å². The minimum atomic E-state index is -1.06. The quantitative estimate of drug-likeness (QED) is 0.880. The van der Waals surface area contributed by atoms with Crippen molar-refractivity contribution in [3.8, 4) is 11.5 Å². The first-order valence-corrected chi connectivity index (χ1v) is 7.62. The molecule has 3 rings (SSSR count). The summed E-state index contributed by atoms with van der Waals surface area (Å²) in [4.78, 5) is 25.3. The lowest BCUT2D eigenvalue weighted by molar-refractivity contribution is -0.160. The highest BCUT2D eigenvalue weighted by atomic mass is 16.5. The number of carboxylic acids is 1. The summed E-state index contributed by atoms with van der Waals surface area (Å²) >= 11 is 0. The van der Waals surface area contributed by atoms with E-state index < -0.39 is 12.1 Å². The van der Waals surface area contributed by atoms with E-state index in [0.717, 1.165) is 6.42 Å². The molecule has 2 aliphatic rings. The second kappa shape index (κ2) is 6.45. The number of amides is 1. The highest BCUT2D eigenvalue weighted by Crippen LogP contribution is 2.31. The van der Waals surface area contributed by atoms with Crippen molar-refractivity contribution in [1.82, 2.24) is 4.90 Å². The molecule has 1 aromatic rings. The van der Waals surface area contributed by atoms with Gasteiger partial charge in [0, 0.05) is 18.5 Å². The fraction of sp³-hybridized carbons (Fsp3) is 0.500. The number of benzene rings is 1. The predicted octanol–water partition coefficient (Wildman–Crippen LogP) is 1.16. The van der Waals surface area contributed by atoms with Crippen LogP contribution in [0.2, 0.25) is 0 Å². The molecule has 7 heteroatoms. The van der Waals surface area contributed by atoms with Crippen LogP contribution in [0.3, 0.4) is 0 Å². The molecule has 0 saturated carbocycles. The molecule has 0 radical (unpaired) electrons. The molecule has 1 unspecified atom stereocenters. The fourth-order valence-corrected chi connectivity index (χ4v) is 2.73. The number of morpholine rings is 1. The van der Waals surface area contributed by atoms with E-state index in [2.05, 4.69) is 0 Å². The fourth-order valence-electron chi connectivity index (χ4n) is 2.73. The van der Waals surface area contributed by atoms with Crippen molar-refractivity contribution in [2.24, 2.45) is 0 Å². The Morgan fingerprint density at radius 1 is 1.17 bits per heavy atom. The molecule has 2 aliphatic heterocycles. The van der Waals surface area contributed by atoms with Gasteiger partial charge in [-0.1, -0.05) is 0 Å². The summed E-state index contributed by atoms with van der Waals surface area (Å²) in [6.45, 7) is 3.27. The van der Waals surface area contributed by atoms with Crippen LogP contribution in [0.5, 0.6) is 11.5 Å².